The van der Waals surface area contributed by atoms with Crippen LogP contribution in [0.25, 0.3) is 0 Å². The van der Waals surface area contributed by atoms with Crippen LogP contribution in [-0.4, -0.2) is 33.2 Å². The zero-order chi connectivity index (χ0) is 14.6. The number of aromatic nitrogens is 2. The summed E-state index contributed by atoms with van der Waals surface area (Å²) in [6, 6.07) is 6.01. The first kappa shape index (κ1) is 14.7. The van der Waals surface area contributed by atoms with Gasteiger partial charge in [0, 0.05) is 18.2 Å². The second kappa shape index (κ2) is 6.15. The maximum Gasteiger partial charge on any atom is 0.123 e. The minimum absolute atomic E-state index is 0.260. The summed E-state index contributed by atoms with van der Waals surface area (Å²) in [4.78, 5) is 0. The molecule has 108 valence electrons. The summed E-state index contributed by atoms with van der Waals surface area (Å²) in [5.74, 6) is -0.377. The van der Waals surface area contributed by atoms with Gasteiger partial charge in [-0.05, 0) is 36.6 Å². The van der Waals surface area contributed by atoms with Gasteiger partial charge < -0.3 is 10.2 Å². The largest absolute Gasteiger partial charge is 0.395 e. The molecular formula is C15H19FN2O2. The molecule has 2 N–H and O–H groups in total. The van der Waals surface area contributed by atoms with Crippen LogP contribution >= 0.6 is 0 Å². The molecule has 0 spiro atoms. The summed E-state index contributed by atoms with van der Waals surface area (Å²) in [5, 5.41) is 23.7. The molecule has 0 aliphatic carbocycles. The smallest absolute Gasteiger partial charge is 0.123 e. The van der Waals surface area contributed by atoms with Crippen molar-refractivity contribution >= 4 is 0 Å². The van der Waals surface area contributed by atoms with Gasteiger partial charge >= 0.3 is 0 Å². The van der Waals surface area contributed by atoms with Crippen LogP contribution in [0.3, 0.4) is 0 Å². The van der Waals surface area contributed by atoms with Crippen LogP contribution in [-0.2, 0) is 18.4 Å². The van der Waals surface area contributed by atoms with Crippen molar-refractivity contribution in [1.82, 2.24) is 9.78 Å². The Morgan fingerprint density at radius 1 is 1.30 bits per heavy atom. The molecule has 0 atom stereocenters. The lowest BCUT2D eigenvalue weighted by Crippen LogP contribution is -2.37. The van der Waals surface area contributed by atoms with Crippen LogP contribution < -0.4 is 0 Å². The van der Waals surface area contributed by atoms with Gasteiger partial charge in [0.2, 0.25) is 0 Å². The number of hydrogen-bond donors (Lipinski definition) is 2. The SMILES string of the molecule is CCn1cc(CC(CO)(CO)c2cccc(F)c2)cn1. The first-order valence-corrected chi connectivity index (χ1v) is 6.62. The molecule has 1 aromatic heterocycles. The Balaban J connectivity index is 2.33. The summed E-state index contributed by atoms with van der Waals surface area (Å²) >= 11 is 0. The van der Waals surface area contributed by atoms with Gasteiger partial charge in [-0.2, -0.15) is 5.10 Å². The van der Waals surface area contributed by atoms with E-state index in [1.807, 2.05) is 13.1 Å². The van der Waals surface area contributed by atoms with Crippen molar-refractivity contribution in [3.05, 3.63) is 53.6 Å². The van der Waals surface area contributed by atoms with E-state index in [1.54, 1.807) is 23.0 Å². The van der Waals surface area contributed by atoms with E-state index in [9.17, 15) is 14.6 Å². The van der Waals surface area contributed by atoms with Gasteiger partial charge in [-0.1, -0.05) is 12.1 Å². The van der Waals surface area contributed by atoms with E-state index in [0.29, 0.717) is 12.0 Å². The molecule has 20 heavy (non-hydrogen) atoms. The van der Waals surface area contributed by atoms with Crippen molar-refractivity contribution in [3.8, 4) is 0 Å². The zero-order valence-corrected chi connectivity index (χ0v) is 11.5. The van der Waals surface area contributed by atoms with E-state index in [4.69, 9.17) is 0 Å². The van der Waals surface area contributed by atoms with Gasteiger partial charge in [0.05, 0.1) is 19.4 Å². The third kappa shape index (κ3) is 2.89. The Hall–Kier alpha value is -1.72. The highest BCUT2D eigenvalue weighted by Crippen LogP contribution is 2.28. The fourth-order valence-electron chi connectivity index (χ4n) is 2.33. The Kier molecular flexibility index (Phi) is 4.52. The summed E-state index contributed by atoms with van der Waals surface area (Å²) in [7, 11) is 0. The van der Waals surface area contributed by atoms with Gasteiger partial charge in [0.15, 0.2) is 0 Å². The van der Waals surface area contributed by atoms with Crippen LogP contribution in [0.4, 0.5) is 4.39 Å². The van der Waals surface area contributed by atoms with Crippen molar-refractivity contribution in [3.63, 3.8) is 0 Å². The molecule has 0 fully saturated rings. The quantitative estimate of drug-likeness (QED) is 0.842. The molecule has 0 unspecified atom stereocenters. The first-order valence-electron chi connectivity index (χ1n) is 6.62. The maximum absolute atomic E-state index is 13.4. The predicted octanol–water partition coefficient (Wildman–Crippen LogP) is 1.51. The van der Waals surface area contributed by atoms with E-state index >= 15 is 0 Å². The van der Waals surface area contributed by atoms with Crippen molar-refractivity contribution in [2.75, 3.05) is 13.2 Å². The van der Waals surface area contributed by atoms with E-state index in [0.717, 1.165) is 12.1 Å². The third-order valence-corrected chi connectivity index (χ3v) is 3.60. The van der Waals surface area contributed by atoms with Crippen molar-refractivity contribution in [2.24, 2.45) is 0 Å². The monoisotopic (exact) mass is 278 g/mol. The fraction of sp³-hybridized carbons (Fsp3) is 0.400. The average Bonchev–Trinajstić information content (AvgIpc) is 2.92. The van der Waals surface area contributed by atoms with E-state index in [1.165, 1.54) is 12.1 Å². The number of rotatable bonds is 6. The van der Waals surface area contributed by atoms with Crippen LogP contribution in [0.15, 0.2) is 36.7 Å². The number of halogens is 1. The van der Waals surface area contributed by atoms with Gasteiger partial charge in [-0.3, -0.25) is 4.68 Å². The van der Waals surface area contributed by atoms with Crippen LogP contribution in [0.5, 0.6) is 0 Å². The standard InChI is InChI=1S/C15H19FN2O2/c1-2-18-9-12(8-17-18)7-15(10-19,11-20)13-4-3-5-14(16)6-13/h3-6,8-9,19-20H,2,7,10-11H2,1H3. The lowest BCUT2D eigenvalue weighted by Gasteiger charge is -2.30. The zero-order valence-electron chi connectivity index (χ0n) is 11.5. The number of nitrogens with zero attached hydrogens (tertiary/aromatic N) is 2. The molecule has 5 heteroatoms. The predicted molar refractivity (Wildman–Crippen MR) is 73.9 cm³/mol. The molecule has 0 aliphatic rings. The Labute approximate surface area is 117 Å². The second-order valence-corrected chi connectivity index (χ2v) is 4.99. The third-order valence-electron chi connectivity index (χ3n) is 3.60. The summed E-state index contributed by atoms with van der Waals surface area (Å²) in [5.41, 5.74) is 0.593. The molecule has 0 amide bonds. The summed E-state index contributed by atoms with van der Waals surface area (Å²) < 4.78 is 15.2. The normalized spacial score (nSPS) is 11.8. The van der Waals surface area contributed by atoms with Crippen molar-refractivity contribution < 1.29 is 14.6 Å². The second-order valence-electron chi connectivity index (χ2n) is 4.99. The minimum Gasteiger partial charge on any atom is -0.395 e. The van der Waals surface area contributed by atoms with E-state index in [2.05, 4.69) is 5.10 Å². The number of aryl methyl sites for hydroxylation is 1. The number of hydrogen-bond acceptors (Lipinski definition) is 3. The highest BCUT2D eigenvalue weighted by atomic mass is 19.1. The van der Waals surface area contributed by atoms with Crippen molar-refractivity contribution in [1.29, 1.82) is 0 Å². The first-order chi connectivity index (χ1) is 9.63. The molecule has 0 aliphatic heterocycles. The Morgan fingerprint density at radius 3 is 2.60 bits per heavy atom. The Morgan fingerprint density at radius 2 is 2.05 bits per heavy atom. The highest BCUT2D eigenvalue weighted by molar-refractivity contribution is 5.29. The lowest BCUT2D eigenvalue weighted by molar-refractivity contribution is 0.116. The molecule has 0 saturated carbocycles. The average molecular weight is 278 g/mol. The summed E-state index contributed by atoms with van der Waals surface area (Å²) in [6.45, 7) is 2.22. The fourth-order valence-corrected chi connectivity index (χ4v) is 2.33. The molecule has 4 nitrogen and oxygen atoms in total. The molecule has 2 aromatic rings. The number of benzene rings is 1. The van der Waals surface area contributed by atoms with Crippen molar-refractivity contribution in [2.45, 2.75) is 25.3 Å². The molecule has 0 radical (unpaired) electrons. The van der Waals surface area contributed by atoms with E-state index < -0.39 is 5.41 Å². The van der Waals surface area contributed by atoms with E-state index in [-0.39, 0.29) is 19.0 Å². The van der Waals surface area contributed by atoms with Gasteiger partial charge in [-0.15, -0.1) is 0 Å². The van der Waals surface area contributed by atoms with Crippen LogP contribution in [0.1, 0.15) is 18.1 Å². The Bertz CT molecular complexity index is 565. The summed E-state index contributed by atoms with van der Waals surface area (Å²) in [6.07, 6.45) is 3.99. The molecule has 2 rings (SSSR count). The van der Waals surface area contributed by atoms with Crippen LogP contribution in [0, 0.1) is 5.82 Å². The topological polar surface area (TPSA) is 58.3 Å². The number of aliphatic hydroxyl groups excluding tert-OH is 2. The van der Waals surface area contributed by atoms with Gasteiger partial charge in [-0.25, -0.2) is 4.39 Å². The van der Waals surface area contributed by atoms with Gasteiger partial charge in [0.25, 0.3) is 0 Å². The van der Waals surface area contributed by atoms with Gasteiger partial charge in [0.1, 0.15) is 5.82 Å². The minimum atomic E-state index is -0.899. The molecule has 1 heterocycles. The lowest BCUT2D eigenvalue weighted by atomic mass is 9.77. The number of aliphatic hydroxyl groups is 2. The highest BCUT2D eigenvalue weighted by Gasteiger charge is 2.32. The molecule has 0 saturated heterocycles. The molecule has 0 bridgehead atoms. The maximum atomic E-state index is 13.4. The molecular weight excluding hydrogens is 259 g/mol. The van der Waals surface area contributed by atoms with Crippen LogP contribution in [0.2, 0.25) is 0 Å². The molecule has 1 aromatic carbocycles.